The zero-order valence-electron chi connectivity index (χ0n) is 15.3. The molecule has 1 fully saturated rings. The Morgan fingerprint density at radius 1 is 1.11 bits per heavy atom. The largest absolute Gasteiger partial charge is 0.439 e. The summed E-state index contributed by atoms with van der Waals surface area (Å²) in [5.74, 6) is 1.35. The fraction of sp³-hybridized carbons (Fsp3) is 0.333. The van der Waals surface area contributed by atoms with Gasteiger partial charge >= 0.3 is 0 Å². The average Bonchev–Trinajstić information content (AvgIpc) is 3.21. The highest BCUT2D eigenvalue weighted by molar-refractivity contribution is 7.10. The van der Waals surface area contributed by atoms with Gasteiger partial charge in [-0.3, -0.25) is 0 Å². The second-order valence-corrected chi connectivity index (χ2v) is 8.02. The second kappa shape index (κ2) is 7.14. The number of hydrogen-bond donors (Lipinski definition) is 0. The van der Waals surface area contributed by atoms with Gasteiger partial charge in [-0.2, -0.15) is 4.98 Å². The quantitative estimate of drug-likeness (QED) is 0.649. The van der Waals surface area contributed by atoms with Gasteiger partial charge in [-0.05, 0) is 60.5 Å². The van der Waals surface area contributed by atoms with Gasteiger partial charge in [-0.25, -0.2) is 9.37 Å². The summed E-state index contributed by atoms with van der Waals surface area (Å²) >= 11 is 1.81. The lowest BCUT2D eigenvalue weighted by atomic mass is 9.85. The van der Waals surface area contributed by atoms with Crippen LogP contribution in [0.1, 0.15) is 23.3 Å². The molecule has 0 unspecified atom stereocenters. The molecule has 4 heterocycles. The third kappa shape index (κ3) is 3.25. The highest BCUT2D eigenvalue weighted by Crippen LogP contribution is 2.44. The first-order valence-corrected chi connectivity index (χ1v) is 10.3. The molecule has 7 heteroatoms. The van der Waals surface area contributed by atoms with Gasteiger partial charge in [0.15, 0.2) is 0 Å². The van der Waals surface area contributed by atoms with E-state index in [9.17, 15) is 4.39 Å². The van der Waals surface area contributed by atoms with Gasteiger partial charge in [0.25, 0.3) is 0 Å². The molecular formula is C21H20FN3O2S. The summed E-state index contributed by atoms with van der Waals surface area (Å²) in [6.07, 6.45) is 4.55. The minimum Gasteiger partial charge on any atom is -0.439 e. The van der Waals surface area contributed by atoms with Crippen LogP contribution >= 0.6 is 11.3 Å². The van der Waals surface area contributed by atoms with E-state index in [4.69, 9.17) is 9.47 Å². The molecule has 0 aliphatic carbocycles. The van der Waals surface area contributed by atoms with Gasteiger partial charge < -0.3 is 14.4 Å². The second-order valence-electron chi connectivity index (χ2n) is 7.11. The minimum atomic E-state index is -0.295. The number of ether oxygens (including phenoxy) is 2. The number of thiophene rings is 1. The Morgan fingerprint density at radius 3 is 2.75 bits per heavy atom. The minimum absolute atomic E-state index is 0.152. The number of fused-ring (bicyclic) bond motifs is 2. The van der Waals surface area contributed by atoms with Crippen LogP contribution in [0.3, 0.4) is 0 Å². The van der Waals surface area contributed by atoms with E-state index in [0.29, 0.717) is 17.6 Å². The van der Waals surface area contributed by atoms with Crippen molar-refractivity contribution in [3.05, 3.63) is 64.2 Å². The molecule has 0 atom stereocenters. The summed E-state index contributed by atoms with van der Waals surface area (Å²) in [6, 6.07) is 9.84. The molecule has 2 aliphatic heterocycles. The van der Waals surface area contributed by atoms with Crippen molar-refractivity contribution in [3.63, 3.8) is 0 Å². The molecule has 5 nitrogen and oxygen atoms in total. The molecule has 2 aliphatic rings. The Labute approximate surface area is 166 Å². The van der Waals surface area contributed by atoms with E-state index in [1.807, 2.05) is 11.3 Å². The van der Waals surface area contributed by atoms with Gasteiger partial charge in [-0.1, -0.05) is 0 Å². The summed E-state index contributed by atoms with van der Waals surface area (Å²) in [5.41, 5.74) is 1.29. The molecule has 0 bridgehead atoms. The Morgan fingerprint density at radius 2 is 1.93 bits per heavy atom. The van der Waals surface area contributed by atoms with Crippen molar-refractivity contribution < 1.29 is 13.9 Å². The van der Waals surface area contributed by atoms with Gasteiger partial charge in [0.2, 0.25) is 11.8 Å². The number of piperidine rings is 1. The van der Waals surface area contributed by atoms with Crippen molar-refractivity contribution >= 4 is 17.3 Å². The summed E-state index contributed by atoms with van der Waals surface area (Å²) in [5, 5.41) is 2.17. The Bertz CT molecular complexity index is 968. The van der Waals surface area contributed by atoms with Crippen molar-refractivity contribution in [1.29, 1.82) is 0 Å². The molecule has 2 aromatic heterocycles. The molecule has 0 radical (unpaired) electrons. The number of rotatable bonds is 3. The number of halogens is 1. The van der Waals surface area contributed by atoms with Crippen molar-refractivity contribution in [2.75, 3.05) is 24.6 Å². The summed E-state index contributed by atoms with van der Waals surface area (Å²) < 4.78 is 25.1. The maximum atomic E-state index is 13.1. The van der Waals surface area contributed by atoms with Crippen LogP contribution in [0.2, 0.25) is 0 Å². The van der Waals surface area contributed by atoms with Crippen LogP contribution in [0.4, 0.5) is 10.3 Å². The molecule has 0 N–H and O–H groups in total. The van der Waals surface area contributed by atoms with E-state index in [2.05, 4.69) is 26.3 Å². The van der Waals surface area contributed by atoms with Crippen LogP contribution in [0.15, 0.2) is 48.0 Å². The number of hydrogen-bond acceptors (Lipinski definition) is 6. The molecule has 1 aromatic carbocycles. The zero-order valence-corrected chi connectivity index (χ0v) is 16.1. The zero-order chi connectivity index (χ0) is 19.0. The third-order valence-electron chi connectivity index (χ3n) is 5.42. The normalized spacial score (nSPS) is 18.1. The van der Waals surface area contributed by atoms with Crippen LogP contribution in [0.5, 0.6) is 11.6 Å². The van der Waals surface area contributed by atoms with E-state index in [-0.39, 0.29) is 11.4 Å². The molecule has 28 heavy (non-hydrogen) atoms. The summed E-state index contributed by atoms with van der Waals surface area (Å²) in [6.45, 7) is 2.45. The fourth-order valence-corrected chi connectivity index (χ4v) is 5.13. The number of anilines is 1. The molecule has 0 saturated carbocycles. The number of nitrogens with zero attached hydrogens (tertiary/aromatic N) is 3. The summed E-state index contributed by atoms with van der Waals surface area (Å²) in [4.78, 5) is 12.5. The monoisotopic (exact) mass is 397 g/mol. The topological polar surface area (TPSA) is 47.5 Å². The van der Waals surface area contributed by atoms with Crippen molar-refractivity contribution in [1.82, 2.24) is 9.97 Å². The molecular weight excluding hydrogens is 377 g/mol. The van der Waals surface area contributed by atoms with E-state index in [0.717, 1.165) is 39.0 Å². The molecule has 5 rings (SSSR count). The SMILES string of the molecule is Fc1ccc(Oc2ccnc(N3CCC4(CC3)OCCc3ccsc34)n2)cc1. The van der Waals surface area contributed by atoms with E-state index in [1.54, 1.807) is 24.4 Å². The van der Waals surface area contributed by atoms with Gasteiger partial charge in [-0.15, -0.1) is 11.3 Å². The number of aromatic nitrogens is 2. The molecule has 144 valence electrons. The smallest absolute Gasteiger partial charge is 0.228 e. The van der Waals surface area contributed by atoms with Gasteiger partial charge in [0.1, 0.15) is 17.2 Å². The van der Waals surface area contributed by atoms with Crippen LogP contribution in [0, 0.1) is 5.82 Å². The average molecular weight is 397 g/mol. The van der Waals surface area contributed by atoms with Crippen molar-refractivity contribution in [3.8, 4) is 11.6 Å². The van der Waals surface area contributed by atoms with Crippen LogP contribution in [-0.4, -0.2) is 29.7 Å². The van der Waals surface area contributed by atoms with Crippen LogP contribution in [-0.2, 0) is 16.8 Å². The van der Waals surface area contributed by atoms with E-state index >= 15 is 0 Å². The first-order chi connectivity index (χ1) is 13.7. The lowest BCUT2D eigenvalue weighted by molar-refractivity contribution is -0.0736. The molecule has 3 aromatic rings. The predicted molar refractivity (Wildman–Crippen MR) is 106 cm³/mol. The van der Waals surface area contributed by atoms with E-state index in [1.165, 1.54) is 22.6 Å². The molecule has 1 saturated heterocycles. The standard InChI is InChI=1S/C21H20FN3O2S/c22-16-1-3-17(4-2-16)27-18-5-10-23-20(24-18)25-11-8-21(9-12-25)19-15(6-13-26-21)7-14-28-19/h1-5,7,10,14H,6,8-9,11-13H2. The maximum Gasteiger partial charge on any atom is 0.228 e. The highest BCUT2D eigenvalue weighted by Gasteiger charge is 2.42. The highest BCUT2D eigenvalue weighted by atomic mass is 32.1. The van der Waals surface area contributed by atoms with Crippen molar-refractivity contribution in [2.45, 2.75) is 24.9 Å². The Balaban J connectivity index is 1.30. The molecule has 1 spiro atoms. The Kier molecular flexibility index (Phi) is 4.49. The first kappa shape index (κ1) is 17.6. The van der Waals surface area contributed by atoms with Gasteiger partial charge in [0.05, 0.1) is 6.61 Å². The van der Waals surface area contributed by atoms with Gasteiger partial charge in [0, 0.05) is 30.2 Å². The Hall–Kier alpha value is -2.51. The molecule has 0 amide bonds. The third-order valence-corrected chi connectivity index (χ3v) is 6.56. The van der Waals surface area contributed by atoms with Crippen molar-refractivity contribution in [2.24, 2.45) is 0 Å². The number of benzene rings is 1. The lowest BCUT2D eigenvalue weighted by Crippen LogP contribution is -2.46. The lowest BCUT2D eigenvalue weighted by Gasteiger charge is -2.43. The maximum absolute atomic E-state index is 13.1. The van der Waals surface area contributed by atoms with E-state index < -0.39 is 0 Å². The van der Waals surface area contributed by atoms with Crippen LogP contribution < -0.4 is 9.64 Å². The first-order valence-electron chi connectivity index (χ1n) is 9.44. The summed E-state index contributed by atoms with van der Waals surface area (Å²) in [7, 11) is 0. The van der Waals surface area contributed by atoms with Crippen LogP contribution in [0.25, 0.3) is 0 Å². The fourth-order valence-electron chi connectivity index (χ4n) is 3.96. The predicted octanol–water partition coefficient (Wildman–Crippen LogP) is 4.54.